The Kier molecular flexibility index (Phi) is 2.78. The minimum Gasteiger partial charge on any atom is -0.486 e. The summed E-state index contributed by atoms with van der Waals surface area (Å²) in [6.07, 6.45) is 2.72. The van der Waals surface area contributed by atoms with Gasteiger partial charge in [-0.2, -0.15) is 0 Å². The molecule has 18 heavy (non-hydrogen) atoms. The van der Waals surface area contributed by atoms with Gasteiger partial charge in [0.25, 0.3) is 0 Å². The molecule has 2 aromatic rings. The summed E-state index contributed by atoms with van der Waals surface area (Å²) in [4.78, 5) is 10.7. The number of carbonyl (C=O) groups is 1. The van der Waals surface area contributed by atoms with Gasteiger partial charge in [-0.1, -0.05) is 6.07 Å². The zero-order chi connectivity index (χ0) is 12.7. The highest BCUT2D eigenvalue weighted by Gasteiger charge is 2.36. The third-order valence-corrected chi connectivity index (χ3v) is 3.87. The number of benzene rings is 1. The fourth-order valence-electron chi connectivity index (χ4n) is 2.14. The maximum atomic E-state index is 10.7. The largest absolute Gasteiger partial charge is 0.486 e. The standard InChI is InChI=1S/C13H11BrO4/c14-10-6-17-12-9(10)2-1-3-11(12)18-8-4-7(5-8)13(15)16/h1-3,6-8H,4-5H2,(H,15,16)/t7-,8-. The van der Waals surface area contributed by atoms with Crippen molar-refractivity contribution < 1.29 is 19.1 Å². The Hall–Kier alpha value is -1.49. The van der Waals surface area contributed by atoms with Crippen LogP contribution in [0.3, 0.4) is 0 Å². The minimum absolute atomic E-state index is 0.0272. The van der Waals surface area contributed by atoms with Gasteiger partial charge in [0.2, 0.25) is 0 Å². The van der Waals surface area contributed by atoms with E-state index in [2.05, 4.69) is 15.9 Å². The first kappa shape index (κ1) is 11.6. The van der Waals surface area contributed by atoms with Crippen molar-refractivity contribution >= 4 is 32.9 Å². The number of hydrogen-bond donors (Lipinski definition) is 1. The Morgan fingerprint density at radius 2 is 2.22 bits per heavy atom. The Labute approximate surface area is 112 Å². The monoisotopic (exact) mass is 310 g/mol. The second kappa shape index (κ2) is 4.31. The summed E-state index contributed by atoms with van der Waals surface area (Å²) in [5, 5.41) is 9.77. The van der Waals surface area contributed by atoms with Crippen LogP contribution in [0.4, 0.5) is 0 Å². The molecule has 0 saturated heterocycles. The Bertz CT molecular complexity index is 598. The highest BCUT2D eigenvalue weighted by atomic mass is 79.9. The number of para-hydroxylation sites is 1. The number of fused-ring (bicyclic) bond motifs is 1. The molecular formula is C13H11BrO4. The summed E-state index contributed by atoms with van der Waals surface area (Å²) < 4.78 is 12.1. The van der Waals surface area contributed by atoms with Crippen molar-refractivity contribution in [3.63, 3.8) is 0 Å². The van der Waals surface area contributed by atoms with Crippen LogP contribution in [0.1, 0.15) is 12.8 Å². The van der Waals surface area contributed by atoms with Crippen LogP contribution < -0.4 is 4.74 Å². The lowest BCUT2D eigenvalue weighted by Gasteiger charge is -2.32. The molecule has 4 nitrogen and oxygen atoms in total. The summed E-state index contributed by atoms with van der Waals surface area (Å²) in [5.41, 5.74) is 0.697. The fourth-order valence-corrected chi connectivity index (χ4v) is 2.54. The first-order valence-electron chi connectivity index (χ1n) is 5.70. The lowest BCUT2D eigenvalue weighted by atomic mass is 9.82. The second-order valence-corrected chi connectivity index (χ2v) is 5.32. The molecule has 0 amide bonds. The molecular weight excluding hydrogens is 300 g/mol. The van der Waals surface area contributed by atoms with Crippen molar-refractivity contribution in [2.24, 2.45) is 5.92 Å². The molecule has 1 fully saturated rings. The molecule has 0 aliphatic heterocycles. The van der Waals surface area contributed by atoms with Crippen LogP contribution in [0.5, 0.6) is 5.75 Å². The molecule has 0 radical (unpaired) electrons. The average molecular weight is 311 g/mol. The van der Waals surface area contributed by atoms with Crippen LogP contribution in [0, 0.1) is 5.92 Å². The third kappa shape index (κ3) is 1.88. The van der Waals surface area contributed by atoms with E-state index in [9.17, 15) is 4.79 Å². The average Bonchev–Trinajstić information content (AvgIpc) is 2.65. The molecule has 5 heteroatoms. The number of hydrogen-bond acceptors (Lipinski definition) is 3. The lowest BCUT2D eigenvalue weighted by molar-refractivity contribution is -0.147. The normalized spacial score (nSPS) is 22.7. The number of carboxylic acids is 1. The molecule has 0 unspecified atom stereocenters. The van der Waals surface area contributed by atoms with Gasteiger partial charge in [0, 0.05) is 5.39 Å². The molecule has 0 spiro atoms. The number of halogens is 1. The van der Waals surface area contributed by atoms with Crippen LogP contribution in [-0.4, -0.2) is 17.2 Å². The topological polar surface area (TPSA) is 59.7 Å². The molecule has 1 aromatic carbocycles. The van der Waals surface area contributed by atoms with Gasteiger partial charge in [0.15, 0.2) is 11.3 Å². The van der Waals surface area contributed by atoms with Crippen molar-refractivity contribution in [2.75, 3.05) is 0 Å². The number of rotatable bonds is 3. The molecule has 1 aromatic heterocycles. The number of carboxylic acid groups (broad SMARTS) is 1. The molecule has 1 heterocycles. The summed E-state index contributed by atoms with van der Waals surface area (Å²) in [6.45, 7) is 0. The summed E-state index contributed by atoms with van der Waals surface area (Å²) in [5.74, 6) is -0.335. The first-order chi connectivity index (χ1) is 8.65. The fraction of sp³-hybridized carbons (Fsp3) is 0.308. The van der Waals surface area contributed by atoms with E-state index in [1.165, 1.54) is 0 Å². The number of ether oxygens (including phenoxy) is 1. The molecule has 1 aliphatic rings. The predicted molar refractivity (Wildman–Crippen MR) is 68.7 cm³/mol. The lowest BCUT2D eigenvalue weighted by Crippen LogP contribution is -2.38. The second-order valence-electron chi connectivity index (χ2n) is 4.46. The van der Waals surface area contributed by atoms with Crippen LogP contribution in [0.25, 0.3) is 11.0 Å². The summed E-state index contributed by atoms with van der Waals surface area (Å²) in [6, 6.07) is 5.67. The molecule has 0 bridgehead atoms. The Balaban J connectivity index is 1.78. The van der Waals surface area contributed by atoms with Crippen molar-refractivity contribution in [1.29, 1.82) is 0 Å². The van der Waals surface area contributed by atoms with Gasteiger partial charge in [-0.3, -0.25) is 4.79 Å². The highest BCUT2D eigenvalue weighted by Crippen LogP contribution is 2.37. The van der Waals surface area contributed by atoms with Crippen LogP contribution in [0.15, 0.2) is 33.4 Å². The van der Waals surface area contributed by atoms with Gasteiger partial charge >= 0.3 is 5.97 Å². The molecule has 1 aliphatic carbocycles. The number of aliphatic carboxylic acids is 1. The van der Waals surface area contributed by atoms with Gasteiger partial charge in [0.05, 0.1) is 10.4 Å². The van der Waals surface area contributed by atoms with Gasteiger partial charge in [-0.25, -0.2) is 0 Å². The van der Waals surface area contributed by atoms with Crippen molar-refractivity contribution in [1.82, 2.24) is 0 Å². The Morgan fingerprint density at radius 3 is 2.94 bits per heavy atom. The van der Waals surface area contributed by atoms with Gasteiger partial charge < -0.3 is 14.3 Å². The highest BCUT2D eigenvalue weighted by molar-refractivity contribution is 9.10. The summed E-state index contributed by atoms with van der Waals surface area (Å²) >= 11 is 3.40. The first-order valence-corrected chi connectivity index (χ1v) is 6.49. The van der Waals surface area contributed by atoms with Gasteiger partial charge in [0.1, 0.15) is 12.4 Å². The maximum absolute atomic E-state index is 10.7. The van der Waals surface area contributed by atoms with Crippen molar-refractivity contribution in [3.05, 3.63) is 28.9 Å². The zero-order valence-electron chi connectivity index (χ0n) is 9.43. The SMILES string of the molecule is O=C(O)[C@H]1C[C@H](Oc2cccc3c(Br)coc23)C1. The molecule has 3 rings (SSSR count). The van der Waals surface area contributed by atoms with E-state index < -0.39 is 5.97 Å². The van der Waals surface area contributed by atoms with E-state index in [0.717, 1.165) is 9.86 Å². The smallest absolute Gasteiger partial charge is 0.306 e. The van der Waals surface area contributed by atoms with Gasteiger partial charge in [-0.05, 0) is 40.9 Å². The van der Waals surface area contributed by atoms with Crippen LogP contribution in [-0.2, 0) is 4.79 Å². The minimum atomic E-state index is -0.742. The predicted octanol–water partition coefficient (Wildman–Crippen LogP) is 3.44. The molecule has 1 saturated carbocycles. The summed E-state index contributed by atoms with van der Waals surface area (Å²) in [7, 11) is 0. The van der Waals surface area contributed by atoms with E-state index in [-0.39, 0.29) is 12.0 Å². The molecule has 1 N–H and O–H groups in total. The van der Waals surface area contributed by atoms with Gasteiger partial charge in [-0.15, -0.1) is 0 Å². The van der Waals surface area contributed by atoms with E-state index in [1.807, 2.05) is 18.2 Å². The van der Waals surface area contributed by atoms with Crippen LogP contribution in [0.2, 0.25) is 0 Å². The van der Waals surface area contributed by atoms with E-state index >= 15 is 0 Å². The van der Waals surface area contributed by atoms with Crippen molar-refractivity contribution in [2.45, 2.75) is 18.9 Å². The van der Waals surface area contributed by atoms with Crippen molar-refractivity contribution in [3.8, 4) is 5.75 Å². The number of furan rings is 1. The molecule has 94 valence electrons. The molecule has 0 atom stereocenters. The van der Waals surface area contributed by atoms with Crippen LogP contribution >= 0.6 is 15.9 Å². The quantitative estimate of drug-likeness (QED) is 0.943. The van der Waals surface area contributed by atoms with E-state index in [0.29, 0.717) is 24.2 Å². The maximum Gasteiger partial charge on any atom is 0.306 e. The third-order valence-electron chi connectivity index (χ3n) is 3.25. The Morgan fingerprint density at radius 1 is 1.44 bits per heavy atom. The zero-order valence-corrected chi connectivity index (χ0v) is 11.0. The van der Waals surface area contributed by atoms with E-state index in [1.54, 1.807) is 6.26 Å². The van der Waals surface area contributed by atoms with E-state index in [4.69, 9.17) is 14.3 Å².